The van der Waals surface area contributed by atoms with Crippen molar-refractivity contribution >= 4 is 17.8 Å². The fraction of sp³-hybridized carbons (Fsp3) is 0.727. The van der Waals surface area contributed by atoms with Crippen molar-refractivity contribution in [2.75, 3.05) is 13.6 Å². The molecule has 0 aromatic heterocycles. The highest BCUT2D eigenvalue weighted by molar-refractivity contribution is 6.07. The molecule has 0 bridgehead atoms. The molecule has 0 heterocycles. The molecule has 96 valence electrons. The van der Waals surface area contributed by atoms with E-state index in [0.717, 1.165) is 0 Å². The Labute approximate surface area is 99.8 Å². The van der Waals surface area contributed by atoms with Crippen LogP contribution >= 0.6 is 0 Å². The molecule has 0 aliphatic heterocycles. The Hall–Kier alpha value is -1.59. The average molecular weight is 242 g/mol. The van der Waals surface area contributed by atoms with Crippen LogP contribution in [0.1, 0.15) is 26.2 Å². The maximum Gasteiger partial charge on any atom is 0.303 e. The second kappa shape index (κ2) is 5.16. The number of amides is 2. The van der Waals surface area contributed by atoms with Gasteiger partial charge in [-0.05, 0) is 18.8 Å². The summed E-state index contributed by atoms with van der Waals surface area (Å²) < 4.78 is 0. The minimum atomic E-state index is -0.905. The van der Waals surface area contributed by atoms with Crippen molar-refractivity contribution in [3.63, 3.8) is 0 Å². The van der Waals surface area contributed by atoms with Gasteiger partial charge in [-0.15, -0.1) is 0 Å². The standard InChI is InChI=1S/C11H18N2O4/c1-7(5-8(14)15)6-13-10(17)11(3-4-11)9(16)12-2/h7H,3-6H2,1-2H3,(H,12,16)(H,13,17)(H,14,15). The molecule has 6 nitrogen and oxygen atoms in total. The highest BCUT2D eigenvalue weighted by Crippen LogP contribution is 2.46. The zero-order chi connectivity index (χ0) is 13.1. The predicted octanol–water partition coefficient (Wildman–Crippen LogP) is -0.260. The van der Waals surface area contributed by atoms with Crippen LogP contribution < -0.4 is 10.6 Å². The first-order chi connectivity index (χ1) is 7.92. The average Bonchev–Trinajstić information content (AvgIpc) is 3.05. The molecule has 1 atom stereocenters. The maximum atomic E-state index is 11.8. The molecule has 1 rings (SSSR count). The molecular formula is C11H18N2O4. The van der Waals surface area contributed by atoms with Crippen molar-refractivity contribution in [1.29, 1.82) is 0 Å². The molecule has 2 amide bonds. The summed E-state index contributed by atoms with van der Waals surface area (Å²) in [6, 6.07) is 0. The van der Waals surface area contributed by atoms with E-state index in [1.807, 2.05) is 0 Å². The predicted molar refractivity (Wildman–Crippen MR) is 60.2 cm³/mol. The van der Waals surface area contributed by atoms with Gasteiger partial charge < -0.3 is 15.7 Å². The first-order valence-electron chi connectivity index (χ1n) is 5.64. The molecule has 6 heteroatoms. The molecule has 0 saturated heterocycles. The largest absolute Gasteiger partial charge is 0.481 e. The summed E-state index contributed by atoms with van der Waals surface area (Å²) in [4.78, 5) is 33.7. The summed E-state index contributed by atoms with van der Waals surface area (Å²) in [6.07, 6.45) is 1.13. The van der Waals surface area contributed by atoms with Crippen molar-refractivity contribution in [1.82, 2.24) is 10.6 Å². The van der Waals surface area contributed by atoms with Gasteiger partial charge in [0.05, 0.1) is 0 Å². The third kappa shape index (κ3) is 3.18. The summed E-state index contributed by atoms with van der Waals surface area (Å²) in [5, 5.41) is 13.7. The van der Waals surface area contributed by atoms with E-state index < -0.39 is 11.4 Å². The molecule has 1 aliphatic rings. The monoisotopic (exact) mass is 242 g/mol. The van der Waals surface area contributed by atoms with Gasteiger partial charge in [0.15, 0.2) is 0 Å². The lowest BCUT2D eigenvalue weighted by molar-refractivity contribution is -0.139. The lowest BCUT2D eigenvalue weighted by Gasteiger charge is -2.15. The molecule has 1 aliphatic carbocycles. The summed E-state index contributed by atoms with van der Waals surface area (Å²) in [6.45, 7) is 2.03. The number of hydrogen-bond donors (Lipinski definition) is 3. The third-order valence-electron chi connectivity index (χ3n) is 2.98. The second-order valence-electron chi connectivity index (χ2n) is 4.57. The molecular weight excluding hydrogens is 224 g/mol. The number of carboxylic acids is 1. The third-order valence-corrected chi connectivity index (χ3v) is 2.98. The molecule has 1 saturated carbocycles. The van der Waals surface area contributed by atoms with Crippen LogP contribution in [0.25, 0.3) is 0 Å². The van der Waals surface area contributed by atoms with E-state index in [-0.39, 0.29) is 30.7 Å². The molecule has 0 spiro atoms. The van der Waals surface area contributed by atoms with Gasteiger partial charge in [-0.1, -0.05) is 6.92 Å². The minimum absolute atomic E-state index is 0.00720. The van der Waals surface area contributed by atoms with Crippen LogP contribution in [0.5, 0.6) is 0 Å². The molecule has 17 heavy (non-hydrogen) atoms. The number of aliphatic carboxylic acids is 1. The highest BCUT2D eigenvalue weighted by Gasteiger charge is 2.55. The van der Waals surface area contributed by atoms with Crippen LogP contribution in [-0.4, -0.2) is 36.5 Å². The van der Waals surface area contributed by atoms with E-state index in [2.05, 4.69) is 10.6 Å². The van der Waals surface area contributed by atoms with Gasteiger partial charge in [0, 0.05) is 20.0 Å². The normalized spacial score (nSPS) is 18.0. The summed E-state index contributed by atoms with van der Waals surface area (Å²) >= 11 is 0. The molecule has 0 aromatic carbocycles. The first kappa shape index (κ1) is 13.5. The van der Waals surface area contributed by atoms with Crippen LogP contribution in [0.4, 0.5) is 0 Å². The van der Waals surface area contributed by atoms with Gasteiger partial charge in [-0.2, -0.15) is 0 Å². The quantitative estimate of drug-likeness (QED) is 0.559. The lowest BCUT2D eigenvalue weighted by atomic mass is 10.0. The van der Waals surface area contributed by atoms with Crippen molar-refractivity contribution in [2.24, 2.45) is 11.3 Å². The van der Waals surface area contributed by atoms with E-state index >= 15 is 0 Å². The van der Waals surface area contributed by atoms with Crippen LogP contribution in [-0.2, 0) is 14.4 Å². The summed E-state index contributed by atoms with van der Waals surface area (Å²) in [5.41, 5.74) is -0.905. The molecule has 1 fully saturated rings. The van der Waals surface area contributed by atoms with E-state index in [1.54, 1.807) is 6.92 Å². The van der Waals surface area contributed by atoms with E-state index in [4.69, 9.17) is 5.11 Å². The Morgan fingerprint density at radius 2 is 1.88 bits per heavy atom. The Balaban J connectivity index is 2.40. The van der Waals surface area contributed by atoms with Gasteiger partial charge >= 0.3 is 5.97 Å². The van der Waals surface area contributed by atoms with Gasteiger partial charge in [-0.25, -0.2) is 0 Å². The fourth-order valence-corrected chi connectivity index (χ4v) is 1.73. The lowest BCUT2D eigenvalue weighted by Crippen LogP contribution is -2.43. The second-order valence-corrected chi connectivity index (χ2v) is 4.57. The number of carbonyl (C=O) groups is 3. The minimum Gasteiger partial charge on any atom is -0.481 e. The van der Waals surface area contributed by atoms with Gasteiger partial charge in [0.1, 0.15) is 5.41 Å². The SMILES string of the molecule is CNC(=O)C1(C(=O)NCC(C)CC(=O)O)CC1. The zero-order valence-electron chi connectivity index (χ0n) is 10.1. The maximum absolute atomic E-state index is 11.8. The number of hydrogen-bond acceptors (Lipinski definition) is 3. The van der Waals surface area contributed by atoms with Gasteiger partial charge in [0.2, 0.25) is 11.8 Å². The highest BCUT2D eigenvalue weighted by atomic mass is 16.4. The smallest absolute Gasteiger partial charge is 0.303 e. The Bertz CT molecular complexity index is 336. The number of rotatable bonds is 6. The summed E-state index contributed by atoms with van der Waals surface area (Å²) in [5.74, 6) is -1.59. The van der Waals surface area contributed by atoms with Crippen LogP contribution in [0, 0.1) is 11.3 Å². The van der Waals surface area contributed by atoms with Crippen molar-refractivity contribution in [3.05, 3.63) is 0 Å². The molecule has 3 N–H and O–H groups in total. The fourth-order valence-electron chi connectivity index (χ4n) is 1.73. The topological polar surface area (TPSA) is 95.5 Å². The Kier molecular flexibility index (Phi) is 4.09. The summed E-state index contributed by atoms with van der Waals surface area (Å²) in [7, 11) is 1.50. The van der Waals surface area contributed by atoms with E-state index in [0.29, 0.717) is 12.8 Å². The first-order valence-corrected chi connectivity index (χ1v) is 5.64. The Morgan fingerprint density at radius 3 is 2.29 bits per heavy atom. The van der Waals surface area contributed by atoms with Crippen LogP contribution in [0.2, 0.25) is 0 Å². The van der Waals surface area contributed by atoms with E-state index in [1.165, 1.54) is 7.05 Å². The Morgan fingerprint density at radius 1 is 1.29 bits per heavy atom. The van der Waals surface area contributed by atoms with Gasteiger partial charge in [-0.3, -0.25) is 14.4 Å². The van der Waals surface area contributed by atoms with Crippen molar-refractivity contribution in [3.8, 4) is 0 Å². The number of carboxylic acid groups (broad SMARTS) is 1. The van der Waals surface area contributed by atoms with Gasteiger partial charge in [0.25, 0.3) is 0 Å². The van der Waals surface area contributed by atoms with E-state index in [9.17, 15) is 14.4 Å². The molecule has 0 radical (unpaired) electrons. The molecule has 1 unspecified atom stereocenters. The molecule has 0 aromatic rings. The number of nitrogens with one attached hydrogen (secondary N) is 2. The zero-order valence-corrected chi connectivity index (χ0v) is 10.1. The van der Waals surface area contributed by atoms with Crippen molar-refractivity contribution < 1.29 is 19.5 Å². The van der Waals surface area contributed by atoms with Crippen LogP contribution in [0.15, 0.2) is 0 Å². The van der Waals surface area contributed by atoms with Crippen molar-refractivity contribution in [2.45, 2.75) is 26.2 Å². The van der Waals surface area contributed by atoms with Crippen LogP contribution in [0.3, 0.4) is 0 Å². The number of carbonyl (C=O) groups excluding carboxylic acids is 2.